The van der Waals surface area contributed by atoms with Gasteiger partial charge in [0.1, 0.15) is 6.04 Å². The highest BCUT2D eigenvalue weighted by molar-refractivity contribution is 7.19. The first-order valence-corrected chi connectivity index (χ1v) is 12.4. The van der Waals surface area contributed by atoms with E-state index in [0.29, 0.717) is 17.7 Å². The molecule has 0 aliphatic carbocycles. The maximum atomic E-state index is 13.0. The highest BCUT2D eigenvalue weighted by Crippen LogP contribution is 2.34. The van der Waals surface area contributed by atoms with E-state index in [2.05, 4.69) is 0 Å². The van der Waals surface area contributed by atoms with Crippen LogP contribution in [0.2, 0.25) is 0 Å². The van der Waals surface area contributed by atoms with Crippen LogP contribution in [0.4, 0.5) is 10.5 Å². The van der Waals surface area contributed by atoms with Crippen LogP contribution < -0.4 is 10.6 Å². The minimum absolute atomic E-state index is 0.0434. The molecule has 0 spiro atoms. The van der Waals surface area contributed by atoms with Crippen molar-refractivity contribution in [2.45, 2.75) is 32.4 Å². The lowest BCUT2D eigenvalue weighted by Gasteiger charge is -2.26. The van der Waals surface area contributed by atoms with Gasteiger partial charge in [0.15, 0.2) is 0 Å². The van der Waals surface area contributed by atoms with Crippen molar-refractivity contribution in [2.24, 2.45) is 5.73 Å². The second kappa shape index (κ2) is 9.47. The van der Waals surface area contributed by atoms with Crippen molar-refractivity contribution in [3.63, 3.8) is 0 Å². The first-order valence-electron chi connectivity index (χ1n) is 11.6. The van der Waals surface area contributed by atoms with Crippen LogP contribution in [-0.2, 0) is 16.2 Å². The summed E-state index contributed by atoms with van der Waals surface area (Å²) in [7, 11) is 0. The van der Waals surface area contributed by atoms with Crippen molar-refractivity contribution in [1.29, 1.82) is 0 Å². The number of fused-ring (bicyclic) bond motifs is 2. The van der Waals surface area contributed by atoms with Crippen molar-refractivity contribution < 1.29 is 19.2 Å². The van der Waals surface area contributed by atoms with Crippen LogP contribution in [0.15, 0.2) is 78.9 Å². The molecule has 36 heavy (non-hydrogen) atoms. The van der Waals surface area contributed by atoms with Crippen molar-refractivity contribution in [3.05, 3.63) is 100 Å². The van der Waals surface area contributed by atoms with E-state index in [9.17, 15) is 14.4 Å². The molecular weight excluding hydrogens is 474 g/mol. The predicted octanol–water partition coefficient (Wildman–Crippen LogP) is 5.77. The normalized spacial score (nSPS) is 14.4. The summed E-state index contributed by atoms with van der Waals surface area (Å²) in [6.07, 6.45) is 0. The van der Waals surface area contributed by atoms with E-state index < -0.39 is 24.0 Å². The molecule has 2 heterocycles. The molecule has 4 aromatic rings. The third-order valence-corrected chi connectivity index (χ3v) is 7.78. The Bertz CT molecular complexity index is 1430. The molecule has 8 heteroatoms. The molecule has 0 radical (unpaired) electrons. The van der Waals surface area contributed by atoms with Crippen LogP contribution in [0, 0.1) is 0 Å². The number of anilines is 1. The lowest BCUT2D eigenvalue weighted by molar-refractivity contribution is -0.185. The summed E-state index contributed by atoms with van der Waals surface area (Å²) >= 11 is 1.52. The van der Waals surface area contributed by atoms with Crippen LogP contribution >= 0.6 is 11.3 Å². The SMILES string of the molecule is CC(C(=O)ON(C(N)=O)C(C)c1cc2ccccc2s1)c1ccc(N2Cc3ccccc3C2=O)cc1. The molecule has 0 saturated carbocycles. The number of hydrogen-bond donors (Lipinski definition) is 1. The van der Waals surface area contributed by atoms with Crippen molar-refractivity contribution in [2.75, 3.05) is 4.90 Å². The molecule has 1 aliphatic heterocycles. The molecule has 2 N–H and O–H groups in total. The van der Waals surface area contributed by atoms with E-state index >= 15 is 0 Å². The number of rotatable bonds is 5. The predicted molar refractivity (Wildman–Crippen MR) is 140 cm³/mol. The number of amides is 3. The van der Waals surface area contributed by atoms with Crippen LogP contribution in [0.3, 0.4) is 0 Å². The number of thiophene rings is 1. The number of nitrogens with zero attached hydrogens (tertiary/aromatic N) is 2. The van der Waals surface area contributed by atoms with Crippen molar-refractivity contribution >= 4 is 45.0 Å². The summed E-state index contributed by atoms with van der Waals surface area (Å²) < 4.78 is 1.07. The molecule has 1 aliphatic rings. The number of benzene rings is 3. The Morgan fingerprint density at radius 1 is 1.00 bits per heavy atom. The number of primary amides is 1. The van der Waals surface area contributed by atoms with Gasteiger partial charge in [-0.2, -0.15) is 0 Å². The first kappa shape index (κ1) is 23.6. The molecule has 0 fully saturated rings. The number of hydrogen-bond acceptors (Lipinski definition) is 5. The Kier molecular flexibility index (Phi) is 6.20. The van der Waals surface area contributed by atoms with Crippen LogP contribution in [0.1, 0.15) is 52.2 Å². The second-order valence-electron chi connectivity index (χ2n) is 8.80. The smallest absolute Gasteiger partial charge is 0.348 e. The molecule has 2 unspecified atom stereocenters. The standard InChI is InChI=1S/C28H25N3O4S/c1-17(19-11-13-22(14-12-19)30-16-21-8-3-5-9-23(21)26(30)32)27(33)35-31(28(29)34)18(2)25-15-20-7-4-6-10-24(20)36-25/h3-15,17-18H,16H2,1-2H3,(H2,29,34). The largest absolute Gasteiger partial charge is 0.349 e. The topological polar surface area (TPSA) is 92.9 Å². The third-order valence-electron chi connectivity index (χ3n) is 6.49. The zero-order chi connectivity index (χ0) is 25.4. The fourth-order valence-electron chi connectivity index (χ4n) is 4.36. The van der Waals surface area contributed by atoms with Crippen molar-refractivity contribution in [3.8, 4) is 0 Å². The van der Waals surface area contributed by atoms with E-state index in [1.807, 2.05) is 66.7 Å². The molecule has 3 aromatic carbocycles. The van der Waals surface area contributed by atoms with Gasteiger partial charge in [-0.25, -0.2) is 9.59 Å². The van der Waals surface area contributed by atoms with Gasteiger partial charge in [0.2, 0.25) is 0 Å². The molecule has 5 rings (SSSR count). The molecular formula is C28H25N3O4S. The van der Waals surface area contributed by atoms with Gasteiger partial charge in [-0.1, -0.05) is 48.5 Å². The van der Waals surface area contributed by atoms with Crippen LogP contribution in [0.25, 0.3) is 10.1 Å². The monoisotopic (exact) mass is 499 g/mol. The van der Waals surface area contributed by atoms with Gasteiger partial charge < -0.3 is 15.5 Å². The Morgan fingerprint density at radius 3 is 2.39 bits per heavy atom. The number of nitrogens with two attached hydrogens (primary N) is 1. The molecule has 3 amide bonds. The number of hydroxylamine groups is 2. The minimum Gasteiger partial charge on any atom is -0.349 e. The highest BCUT2D eigenvalue weighted by atomic mass is 32.1. The van der Waals surface area contributed by atoms with Gasteiger partial charge >= 0.3 is 12.0 Å². The molecule has 182 valence electrons. The van der Waals surface area contributed by atoms with Gasteiger partial charge in [0.05, 0.1) is 12.5 Å². The zero-order valence-electron chi connectivity index (χ0n) is 19.9. The average Bonchev–Trinajstić information content (AvgIpc) is 3.48. The summed E-state index contributed by atoms with van der Waals surface area (Å²) in [5.74, 6) is -1.29. The highest BCUT2D eigenvalue weighted by Gasteiger charge is 2.30. The average molecular weight is 500 g/mol. The van der Waals surface area contributed by atoms with E-state index in [-0.39, 0.29) is 5.91 Å². The summed E-state index contributed by atoms with van der Waals surface area (Å²) in [6.45, 7) is 3.99. The third kappa shape index (κ3) is 4.31. The maximum Gasteiger partial charge on any atom is 0.348 e. The van der Waals surface area contributed by atoms with Crippen LogP contribution in [-0.4, -0.2) is 23.0 Å². The van der Waals surface area contributed by atoms with Gasteiger partial charge in [0, 0.05) is 20.8 Å². The second-order valence-corrected chi connectivity index (χ2v) is 9.91. The minimum atomic E-state index is -0.844. The van der Waals surface area contributed by atoms with E-state index in [1.54, 1.807) is 30.9 Å². The van der Waals surface area contributed by atoms with Gasteiger partial charge in [-0.15, -0.1) is 16.4 Å². The van der Waals surface area contributed by atoms with E-state index in [4.69, 9.17) is 10.6 Å². The lowest BCUT2D eigenvalue weighted by atomic mass is 10.0. The van der Waals surface area contributed by atoms with Crippen LogP contribution in [0.5, 0.6) is 0 Å². The van der Waals surface area contributed by atoms with E-state index in [0.717, 1.165) is 31.3 Å². The van der Waals surface area contributed by atoms with E-state index in [1.165, 1.54) is 11.3 Å². The zero-order valence-corrected chi connectivity index (χ0v) is 20.7. The summed E-state index contributed by atoms with van der Waals surface area (Å²) in [5.41, 5.74) is 8.72. The maximum absolute atomic E-state index is 13.0. The molecule has 1 aromatic heterocycles. The first-order chi connectivity index (χ1) is 17.3. The number of urea groups is 1. The molecule has 2 atom stereocenters. The Hall–Kier alpha value is -4.17. The van der Waals surface area contributed by atoms with Gasteiger partial charge in [0.25, 0.3) is 5.91 Å². The molecule has 7 nitrogen and oxygen atoms in total. The fourth-order valence-corrected chi connectivity index (χ4v) is 5.45. The van der Waals surface area contributed by atoms with Gasteiger partial charge in [-0.05, 0) is 60.7 Å². The Labute approximate surface area is 212 Å². The fraction of sp³-hybridized carbons (Fsp3) is 0.179. The molecule has 0 bridgehead atoms. The van der Waals surface area contributed by atoms with Crippen molar-refractivity contribution in [1.82, 2.24) is 5.06 Å². The lowest BCUT2D eigenvalue weighted by Crippen LogP contribution is -2.40. The molecule has 0 saturated heterocycles. The summed E-state index contributed by atoms with van der Waals surface area (Å²) in [5, 5.41) is 1.98. The summed E-state index contributed by atoms with van der Waals surface area (Å²) in [6, 6.07) is 23.2. The van der Waals surface area contributed by atoms with Gasteiger partial charge in [-0.3, -0.25) is 4.79 Å². The Balaban J connectivity index is 1.29. The Morgan fingerprint density at radius 2 is 1.69 bits per heavy atom. The number of carbonyl (C=O) groups is 3. The quantitative estimate of drug-likeness (QED) is 0.353. The summed E-state index contributed by atoms with van der Waals surface area (Å²) in [4.78, 5) is 46.0. The number of carbonyl (C=O) groups excluding carboxylic acids is 3.